The first-order valence-electron chi connectivity index (χ1n) is 10.2. The summed E-state index contributed by atoms with van der Waals surface area (Å²) in [4.78, 5) is 0. The summed E-state index contributed by atoms with van der Waals surface area (Å²) in [6.07, 6.45) is 12.3. The number of rotatable bonds is 2. The molecule has 0 heteroatoms. The second-order valence-corrected chi connectivity index (χ2v) is 6.90. The van der Waals surface area contributed by atoms with Gasteiger partial charge in [-0.25, -0.2) is 0 Å². The Morgan fingerprint density at radius 3 is 1.86 bits per heavy atom. The molecule has 0 radical (unpaired) electrons. The van der Waals surface area contributed by atoms with E-state index in [1.54, 1.807) is 0 Å². The predicted molar refractivity (Wildman–Crippen MR) is 121 cm³/mol. The van der Waals surface area contributed by atoms with Gasteiger partial charge in [-0.3, -0.25) is 0 Å². The van der Waals surface area contributed by atoms with Crippen LogP contribution in [0.1, 0.15) is 37.0 Å². The highest BCUT2D eigenvalue weighted by Crippen LogP contribution is 2.56. The van der Waals surface area contributed by atoms with Crippen molar-refractivity contribution in [2.24, 2.45) is 0 Å². The molecular weight excluding hydrogens is 336 g/mol. The molecule has 0 aromatic heterocycles. The van der Waals surface area contributed by atoms with Crippen LogP contribution in [-0.4, -0.2) is 0 Å². The van der Waals surface area contributed by atoms with Crippen LogP contribution in [0, 0.1) is 0 Å². The number of fused-ring (bicyclic) bond motifs is 3. The van der Waals surface area contributed by atoms with E-state index in [-0.39, 0.29) is 5.41 Å². The van der Waals surface area contributed by atoms with Gasteiger partial charge in [0.05, 0.1) is 5.41 Å². The molecule has 0 N–H and O–H groups in total. The van der Waals surface area contributed by atoms with Crippen molar-refractivity contribution in [2.45, 2.75) is 25.7 Å². The smallest absolute Gasteiger partial charge is 0.0713 e. The SMILES string of the molecule is C1=CCC=CC(C2(c3ccccc3)c3ccccc3-c3ccccc32)=C1.CC. The van der Waals surface area contributed by atoms with Crippen molar-refractivity contribution in [2.75, 3.05) is 0 Å². The summed E-state index contributed by atoms with van der Waals surface area (Å²) in [5, 5.41) is 0. The quantitative estimate of drug-likeness (QED) is 0.443. The summed E-state index contributed by atoms with van der Waals surface area (Å²) in [6, 6.07) is 28.7. The molecule has 0 nitrogen and oxygen atoms in total. The molecule has 0 bridgehead atoms. The Balaban J connectivity index is 0.000000932. The van der Waals surface area contributed by atoms with Gasteiger partial charge < -0.3 is 0 Å². The molecule has 0 unspecified atom stereocenters. The molecule has 0 amide bonds. The van der Waals surface area contributed by atoms with Gasteiger partial charge in [0, 0.05) is 0 Å². The summed E-state index contributed by atoms with van der Waals surface area (Å²) < 4.78 is 0. The van der Waals surface area contributed by atoms with Crippen LogP contribution >= 0.6 is 0 Å². The lowest BCUT2D eigenvalue weighted by Crippen LogP contribution is -2.28. The lowest BCUT2D eigenvalue weighted by molar-refractivity contribution is 0.767. The van der Waals surface area contributed by atoms with Crippen molar-refractivity contribution in [3.05, 3.63) is 132 Å². The van der Waals surface area contributed by atoms with E-state index >= 15 is 0 Å². The third-order valence-corrected chi connectivity index (χ3v) is 5.57. The van der Waals surface area contributed by atoms with Gasteiger partial charge in [-0.05, 0) is 39.8 Å². The average Bonchev–Trinajstić information content (AvgIpc) is 2.91. The van der Waals surface area contributed by atoms with Crippen LogP contribution in [0.5, 0.6) is 0 Å². The van der Waals surface area contributed by atoms with Gasteiger partial charge in [-0.1, -0.05) is 123 Å². The van der Waals surface area contributed by atoms with Gasteiger partial charge in [0.2, 0.25) is 0 Å². The van der Waals surface area contributed by atoms with E-state index in [1.165, 1.54) is 33.4 Å². The Morgan fingerprint density at radius 2 is 1.21 bits per heavy atom. The number of hydrogen-bond acceptors (Lipinski definition) is 0. The molecular formula is C28H26. The van der Waals surface area contributed by atoms with E-state index in [4.69, 9.17) is 0 Å². The van der Waals surface area contributed by atoms with Gasteiger partial charge in [-0.15, -0.1) is 0 Å². The van der Waals surface area contributed by atoms with E-state index in [9.17, 15) is 0 Å². The standard InChI is InChI=1S/C26H20.C2H6/c1-2-5-13-20(12-4-1)26(21-14-6-3-7-15-21)24-18-10-8-16-22(24)23-17-9-11-19-25(23)26;1-2/h1,3-19H,2H2;1-2H3. The Hall–Kier alpha value is -3.12. The van der Waals surface area contributed by atoms with Crippen LogP contribution in [0.4, 0.5) is 0 Å². The van der Waals surface area contributed by atoms with Gasteiger partial charge in [0.15, 0.2) is 0 Å². The van der Waals surface area contributed by atoms with E-state index in [0.29, 0.717) is 0 Å². The van der Waals surface area contributed by atoms with Gasteiger partial charge in [0.25, 0.3) is 0 Å². The Kier molecular flexibility index (Phi) is 5.12. The second kappa shape index (κ2) is 7.86. The van der Waals surface area contributed by atoms with Crippen LogP contribution < -0.4 is 0 Å². The highest BCUT2D eigenvalue weighted by molar-refractivity contribution is 5.86. The molecule has 0 spiro atoms. The van der Waals surface area contributed by atoms with Crippen molar-refractivity contribution in [3.8, 4) is 11.1 Å². The van der Waals surface area contributed by atoms with Crippen molar-refractivity contribution < 1.29 is 0 Å². The Bertz CT molecular complexity index is 1000. The molecule has 0 atom stereocenters. The van der Waals surface area contributed by atoms with Crippen LogP contribution in [-0.2, 0) is 5.41 Å². The summed E-state index contributed by atoms with van der Waals surface area (Å²) in [5.74, 6) is 0. The number of benzene rings is 3. The maximum Gasteiger partial charge on any atom is 0.0713 e. The first-order valence-corrected chi connectivity index (χ1v) is 10.2. The number of hydrogen-bond donors (Lipinski definition) is 0. The Labute approximate surface area is 168 Å². The third-order valence-electron chi connectivity index (χ3n) is 5.57. The molecule has 0 heterocycles. The molecule has 3 aromatic carbocycles. The van der Waals surface area contributed by atoms with Crippen molar-refractivity contribution in [3.63, 3.8) is 0 Å². The van der Waals surface area contributed by atoms with Crippen LogP contribution in [0.3, 0.4) is 0 Å². The molecule has 138 valence electrons. The molecule has 28 heavy (non-hydrogen) atoms. The van der Waals surface area contributed by atoms with E-state index in [1.807, 2.05) is 13.8 Å². The average molecular weight is 363 g/mol. The fraction of sp³-hybridized carbons (Fsp3) is 0.143. The normalized spacial score (nSPS) is 15.6. The fourth-order valence-corrected chi connectivity index (χ4v) is 4.54. The van der Waals surface area contributed by atoms with Gasteiger partial charge in [0.1, 0.15) is 0 Å². The zero-order valence-electron chi connectivity index (χ0n) is 16.6. The molecule has 0 aliphatic heterocycles. The highest BCUT2D eigenvalue weighted by Gasteiger charge is 2.46. The predicted octanol–water partition coefficient (Wildman–Crippen LogP) is 7.47. The Morgan fingerprint density at radius 1 is 0.643 bits per heavy atom. The minimum absolute atomic E-state index is 0.264. The van der Waals surface area contributed by atoms with Gasteiger partial charge >= 0.3 is 0 Å². The van der Waals surface area contributed by atoms with Crippen LogP contribution in [0.15, 0.2) is 115 Å². The van der Waals surface area contributed by atoms with E-state index < -0.39 is 0 Å². The molecule has 2 aliphatic rings. The van der Waals surface area contributed by atoms with E-state index in [2.05, 4.69) is 109 Å². The van der Waals surface area contributed by atoms with Crippen molar-refractivity contribution in [1.82, 2.24) is 0 Å². The number of allylic oxidation sites excluding steroid dienone is 6. The summed E-state index contributed by atoms with van der Waals surface area (Å²) in [7, 11) is 0. The molecule has 3 aromatic rings. The van der Waals surface area contributed by atoms with Crippen molar-refractivity contribution in [1.29, 1.82) is 0 Å². The lowest BCUT2D eigenvalue weighted by atomic mass is 9.67. The van der Waals surface area contributed by atoms with Crippen LogP contribution in [0.25, 0.3) is 11.1 Å². The third kappa shape index (κ3) is 2.68. The highest BCUT2D eigenvalue weighted by atomic mass is 14.5. The zero-order chi connectivity index (χ0) is 19.4. The minimum atomic E-state index is -0.264. The lowest BCUT2D eigenvalue weighted by Gasteiger charge is -2.34. The molecule has 5 rings (SSSR count). The minimum Gasteiger partial charge on any atom is -0.0807 e. The summed E-state index contributed by atoms with van der Waals surface area (Å²) in [6.45, 7) is 4.00. The molecule has 0 saturated heterocycles. The molecule has 2 aliphatic carbocycles. The molecule has 0 saturated carbocycles. The maximum atomic E-state index is 2.31. The summed E-state index contributed by atoms with van der Waals surface area (Å²) in [5.41, 5.74) is 7.82. The van der Waals surface area contributed by atoms with E-state index in [0.717, 1.165) is 6.42 Å². The fourth-order valence-electron chi connectivity index (χ4n) is 4.54. The monoisotopic (exact) mass is 362 g/mol. The summed E-state index contributed by atoms with van der Waals surface area (Å²) >= 11 is 0. The topological polar surface area (TPSA) is 0 Å². The largest absolute Gasteiger partial charge is 0.0807 e. The van der Waals surface area contributed by atoms with Crippen LogP contribution in [0.2, 0.25) is 0 Å². The molecule has 0 fully saturated rings. The first-order chi connectivity index (χ1) is 13.9. The first kappa shape index (κ1) is 18.3. The second-order valence-electron chi connectivity index (χ2n) is 6.90. The maximum absolute atomic E-state index is 2.31. The van der Waals surface area contributed by atoms with Gasteiger partial charge in [-0.2, -0.15) is 0 Å². The zero-order valence-corrected chi connectivity index (χ0v) is 16.6. The van der Waals surface area contributed by atoms with Crippen molar-refractivity contribution >= 4 is 0 Å².